The van der Waals surface area contributed by atoms with Gasteiger partial charge in [-0.3, -0.25) is 0 Å². The first kappa shape index (κ1) is 13.5. The third kappa shape index (κ3) is 4.10. The van der Waals surface area contributed by atoms with Crippen molar-refractivity contribution in [2.75, 3.05) is 11.5 Å². The van der Waals surface area contributed by atoms with Crippen LogP contribution in [0.2, 0.25) is 0 Å². The molecule has 0 heterocycles. The number of hydrogen-bond acceptors (Lipinski definition) is 2. The quantitative estimate of drug-likeness (QED) is 0.832. The molecule has 0 aromatic heterocycles. The summed E-state index contributed by atoms with van der Waals surface area (Å²) in [6.45, 7) is 1.96. The minimum absolute atomic E-state index is 0.0107. The second-order valence-corrected chi connectivity index (χ2v) is 4.78. The Morgan fingerprint density at radius 3 is 2.50 bits per heavy atom. The molecule has 0 saturated heterocycles. The van der Waals surface area contributed by atoms with Crippen molar-refractivity contribution in [1.82, 2.24) is 0 Å². The van der Waals surface area contributed by atoms with Gasteiger partial charge in [-0.05, 0) is 6.42 Å². The Morgan fingerprint density at radius 1 is 1.31 bits per heavy atom. The van der Waals surface area contributed by atoms with Gasteiger partial charge >= 0.3 is 0 Å². The fraction of sp³-hybridized carbons (Fsp3) is 0.500. The van der Waals surface area contributed by atoms with Crippen LogP contribution in [-0.2, 0) is 5.92 Å². The van der Waals surface area contributed by atoms with Gasteiger partial charge in [-0.1, -0.05) is 37.3 Å². The minimum Gasteiger partial charge on any atom is -0.327 e. The van der Waals surface area contributed by atoms with Crippen LogP contribution in [0.25, 0.3) is 0 Å². The van der Waals surface area contributed by atoms with E-state index < -0.39 is 5.92 Å². The molecule has 0 fully saturated rings. The lowest BCUT2D eigenvalue weighted by molar-refractivity contribution is 0.0232. The molecular formula is C12H17F2NS. The second-order valence-electron chi connectivity index (χ2n) is 3.75. The minimum atomic E-state index is -2.76. The number of thioether (sulfide) groups is 1. The zero-order valence-corrected chi connectivity index (χ0v) is 10.1. The van der Waals surface area contributed by atoms with Crippen molar-refractivity contribution in [2.45, 2.75) is 25.3 Å². The first-order chi connectivity index (χ1) is 7.56. The molecule has 2 N–H and O–H groups in total. The lowest BCUT2D eigenvalue weighted by atomic mass is 10.1. The molecule has 1 rings (SSSR count). The molecule has 0 amide bonds. The third-order valence-electron chi connectivity index (χ3n) is 2.34. The molecule has 1 nitrogen and oxygen atoms in total. The summed E-state index contributed by atoms with van der Waals surface area (Å²) in [4.78, 5) is 0. The number of halogens is 2. The Morgan fingerprint density at radius 2 is 1.94 bits per heavy atom. The van der Waals surface area contributed by atoms with Crippen molar-refractivity contribution in [3.8, 4) is 0 Å². The maximum Gasteiger partial charge on any atom is 0.282 e. The third-order valence-corrected chi connectivity index (χ3v) is 3.57. The summed E-state index contributed by atoms with van der Waals surface area (Å²) in [5, 5.41) is 0. The Labute approximate surface area is 99.4 Å². The van der Waals surface area contributed by atoms with Gasteiger partial charge in [0.2, 0.25) is 0 Å². The lowest BCUT2D eigenvalue weighted by Crippen LogP contribution is -2.24. The van der Waals surface area contributed by atoms with Gasteiger partial charge in [-0.25, -0.2) is 8.78 Å². The molecule has 0 bridgehead atoms. The van der Waals surface area contributed by atoms with E-state index in [0.29, 0.717) is 5.75 Å². The summed E-state index contributed by atoms with van der Waals surface area (Å²) >= 11 is 1.21. The van der Waals surface area contributed by atoms with Gasteiger partial charge in [0.1, 0.15) is 0 Å². The number of alkyl halides is 2. The average Bonchev–Trinajstić information content (AvgIpc) is 2.30. The summed E-state index contributed by atoms with van der Waals surface area (Å²) in [6, 6.07) is 7.93. The highest BCUT2D eigenvalue weighted by Crippen LogP contribution is 2.31. The van der Waals surface area contributed by atoms with Crippen LogP contribution in [0, 0.1) is 0 Å². The van der Waals surface area contributed by atoms with E-state index in [2.05, 4.69) is 0 Å². The predicted molar refractivity (Wildman–Crippen MR) is 65.9 cm³/mol. The predicted octanol–water partition coefficient (Wildman–Crippen LogP) is 3.25. The zero-order valence-electron chi connectivity index (χ0n) is 9.33. The largest absolute Gasteiger partial charge is 0.327 e. The van der Waals surface area contributed by atoms with E-state index in [0.717, 1.165) is 6.42 Å². The van der Waals surface area contributed by atoms with E-state index in [-0.39, 0.29) is 17.4 Å². The van der Waals surface area contributed by atoms with E-state index in [1.54, 1.807) is 18.2 Å². The molecular weight excluding hydrogens is 228 g/mol. The smallest absolute Gasteiger partial charge is 0.282 e. The van der Waals surface area contributed by atoms with Gasteiger partial charge in [-0.2, -0.15) is 11.8 Å². The molecule has 0 aliphatic carbocycles. The molecule has 0 aliphatic rings. The second kappa shape index (κ2) is 6.21. The van der Waals surface area contributed by atoms with Crippen LogP contribution in [0.4, 0.5) is 8.78 Å². The van der Waals surface area contributed by atoms with E-state index in [4.69, 9.17) is 5.73 Å². The van der Waals surface area contributed by atoms with Crippen molar-refractivity contribution in [3.05, 3.63) is 35.9 Å². The summed E-state index contributed by atoms with van der Waals surface area (Å²) in [7, 11) is 0. The highest BCUT2D eigenvalue weighted by atomic mass is 32.2. The Hall–Kier alpha value is -0.610. The molecule has 0 spiro atoms. The van der Waals surface area contributed by atoms with Crippen LogP contribution >= 0.6 is 11.8 Å². The van der Waals surface area contributed by atoms with E-state index in [1.165, 1.54) is 23.9 Å². The molecule has 0 saturated carbocycles. The van der Waals surface area contributed by atoms with E-state index in [1.807, 2.05) is 6.92 Å². The van der Waals surface area contributed by atoms with Crippen molar-refractivity contribution in [1.29, 1.82) is 0 Å². The standard InChI is InChI=1S/C12H17F2NS/c1-2-11(15)8-16-9-12(13,14)10-6-4-3-5-7-10/h3-7,11H,2,8-9,15H2,1H3. The van der Waals surface area contributed by atoms with Crippen LogP contribution in [-0.4, -0.2) is 17.5 Å². The Kier molecular flexibility index (Phi) is 5.22. The number of rotatable bonds is 6. The van der Waals surface area contributed by atoms with Gasteiger partial charge in [0.05, 0.1) is 5.75 Å². The number of hydrogen-bond donors (Lipinski definition) is 1. The highest BCUT2D eigenvalue weighted by Gasteiger charge is 2.30. The topological polar surface area (TPSA) is 26.0 Å². The summed E-state index contributed by atoms with van der Waals surface area (Å²) in [6.07, 6.45) is 0.823. The van der Waals surface area contributed by atoms with Crippen LogP contribution < -0.4 is 5.73 Å². The molecule has 4 heteroatoms. The molecule has 1 aromatic carbocycles. The van der Waals surface area contributed by atoms with Crippen LogP contribution in [0.5, 0.6) is 0 Å². The monoisotopic (exact) mass is 245 g/mol. The van der Waals surface area contributed by atoms with Crippen molar-refractivity contribution >= 4 is 11.8 Å². The van der Waals surface area contributed by atoms with Crippen LogP contribution in [0.3, 0.4) is 0 Å². The maximum atomic E-state index is 13.6. The molecule has 1 unspecified atom stereocenters. The van der Waals surface area contributed by atoms with Crippen molar-refractivity contribution < 1.29 is 8.78 Å². The number of nitrogens with two attached hydrogens (primary N) is 1. The van der Waals surface area contributed by atoms with Gasteiger partial charge in [-0.15, -0.1) is 0 Å². The lowest BCUT2D eigenvalue weighted by Gasteiger charge is -2.17. The van der Waals surface area contributed by atoms with Crippen molar-refractivity contribution in [2.24, 2.45) is 5.73 Å². The average molecular weight is 245 g/mol. The fourth-order valence-corrected chi connectivity index (χ4v) is 2.30. The van der Waals surface area contributed by atoms with Gasteiger partial charge in [0, 0.05) is 17.4 Å². The highest BCUT2D eigenvalue weighted by molar-refractivity contribution is 7.99. The molecule has 0 aliphatic heterocycles. The Balaban J connectivity index is 2.46. The van der Waals surface area contributed by atoms with Crippen LogP contribution in [0.15, 0.2) is 30.3 Å². The zero-order chi connectivity index (χ0) is 12.0. The normalized spacial score (nSPS) is 13.8. The van der Waals surface area contributed by atoms with E-state index >= 15 is 0 Å². The molecule has 90 valence electrons. The molecule has 1 aromatic rings. The van der Waals surface area contributed by atoms with E-state index in [9.17, 15) is 8.78 Å². The SMILES string of the molecule is CCC(N)CSCC(F)(F)c1ccccc1. The van der Waals surface area contributed by atoms with Crippen molar-refractivity contribution in [3.63, 3.8) is 0 Å². The Bertz CT molecular complexity index is 303. The summed E-state index contributed by atoms with van der Waals surface area (Å²) < 4.78 is 27.3. The summed E-state index contributed by atoms with van der Waals surface area (Å²) in [5.74, 6) is -2.39. The van der Waals surface area contributed by atoms with Gasteiger partial charge in [0.15, 0.2) is 0 Å². The summed E-state index contributed by atoms with van der Waals surface area (Å²) in [5.41, 5.74) is 5.75. The molecule has 1 atom stereocenters. The first-order valence-corrected chi connectivity index (χ1v) is 6.48. The van der Waals surface area contributed by atoms with Crippen LogP contribution in [0.1, 0.15) is 18.9 Å². The number of benzene rings is 1. The van der Waals surface area contributed by atoms with Gasteiger partial charge in [0.25, 0.3) is 5.92 Å². The molecule has 16 heavy (non-hydrogen) atoms. The molecule has 0 radical (unpaired) electrons. The van der Waals surface area contributed by atoms with Gasteiger partial charge < -0.3 is 5.73 Å². The maximum absolute atomic E-state index is 13.6. The fourth-order valence-electron chi connectivity index (χ4n) is 1.22. The first-order valence-electron chi connectivity index (χ1n) is 5.33.